The third-order valence-electron chi connectivity index (χ3n) is 4.35. The van der Waals surface area contributed by atoms with E-state index in [0.717, 1.165) is 31.3 Å². The first kappa shape index (κ1) is 16.3. The first-order valence-corrected chi connectivity index (χ1v) is 8.49. The van der Waals surface area contributed by atoms with Crippen molar-refractivity contribution in [3.05, 3.63) is 60.4 Å². The average Bonchev–Trinajstić information content (AvgIpc) is 3.12. The van der Waals surface area contributed by atoms with E-state index in [1.807, 2.05) is 24.4 Å². The van der Waals surface area contributed by atoms with Crippen LogP contribution in [0.2, 0.25) is 0 Å². The van der Waals surface area contributed by atoms with E-state index in [-0.39, 0.29) is 0 Å². The van der Waals surface area contributed by atoms with Crippen LogP contribution in [0.1, 0.15) is 12.1 Å². The predicted molar refractivity (Wildman–Crippen MR) is 99.2 cm³/mol. The van der Waals surface area contributed by atoms with Gasteiger partial charge in [-0.3, -0.25) is 9.98 Å². The van der Waals surface area contributed by atoms with Gasteiger partial charge in [0.25, 0.3) is 0 Å². The second kappa shape index (κ2) is 8.34. The highest BCUT2D eigenvalue weighted by atomic mass is 15.2. The van der Waals surface area contributed by atoms with Gasteiger partial charge < -0.3 is 15.5 Å². The van der Waals surface area contributed by atoms with E-state index in [9.17, 15) is 0 Å². The van der Waals surface area contributed by atoms with Gasteiger partial charge in [0.05, 0.1) is 12.2 Å². The number of aromatic nitrogens is 1. The number of rotatable bonds is 5. The summed E-state index contributed by atoms with van der Waals surface area (Å²) >= 11 is 0. The van der Waals surface area contributed by atoms with Crippen molar-refractivity contribution in [1.29, 1.82) is 0 Å². The lowest BCUT2D eigenvalue weighted by Gasteiger charge is -2.19. The quantitative estimate of drug-likeness (QED) is 0.655. The summed E-state index contributed by atoms with van der Waals surface area (Å²) in [6.45, 7) is 3.83. The van der Waals surface area contributed by atoms with E-state index in [1.165, 1.54) is 12.1 Å². The molecule has 1 saturated heterocycles. The molecule has 2 aromatic rings. The summed E-state index contributed by atoms with van der Waals surface area (Å²) in [5.74, 6) is 1.47. The van der Waals surface area contributed by atoms with Gasteiger partial charge in [0, 0.05) is 38.6 Å². The molecule has 0 aliphatic carbocycles. The van der Waals surface area contributed by atoms with Gasteiger partial charge >= 0.3 is 0 Å². The zero-order valence-electron chi connectivity index (χ0n) is 14.2. The van der Waals surface area contributed by atoms with Crippen LogP contribution in [0.3, 0.4) is 0 Å². The van der Waals surface area contributed by atoms with Crippen LogP contribution in [-0.2, 0) is 6.54 Å². The molecule has 0 spiro atoms. The van der Waals surface area contributed by atoms with Crippen LogP contribution in [-0.4, -0.2) is 37.6 Å². The maximum absolute atomic E-state index is 4.31. The molecule has 1 aliphatic heterocycles. The van der Waals surface area contributed by atoms with Crippen LogP contribution in [0.5, 0.6) is 0 Å². The third-order valence-corrected chi connectivity index (χ3v) is 4.35. The van der Waals surface area contributed by atoms with Crippen LogP contribution in [0.15, 0.2) is 59.7 Å². The molecule has 1 atom stereocenters. The zero-order valence-corrected chi connectivity index (χ0v) is 14.2. The highest BCUT2D eigenvalue weighted by Crippen LogP contribution is 2.22. The Morgan fingerprint density at radius 1 is 1.17 bits per heavy atom. The lowest BCUT2D eigenvalue weighted by molar-refractivity contribution is 0.565. The minimum atomic E-state index is 0.638. The van der Waals surface area contributed by atoms with Gasteiger partial charge in [-0.1, -0.05) is 24.3 Å². The van der Waals surface area contributed by atoms with Crippen LogP contribution in [0.4, 0.5) is 5.69 Å². The molecule has 5 heteroatoms. The van der Waals surface area contributed by atoms with Crippen molar-refractivity contribution < 1.29 is 0 Å². The molecule has 1 aromatic carbocycles. The Hall–Kier alpha value is -2.56. The van der Waals surface area contributed by atoms with Gasteiger partial charge in [-0.15, -0.1) is 0 Å². The minimum absolute atomic E-state index is 0.638. The number of nitrogens with one attached hydrogen (secondary N) is 2. The SMILES string of the molecule is CN=C(NCc1ccccn1)NCC1CCN(c2ccccc2)C1. The summed E-state index contributed by atoms with van der Waals surface area (Å²) in [4.78, 5) is 11.1. The molecule has 1 aliphatic rings. The minimum Gasteiger partial charge on any atom is -0.371 e. The van der Waals surface area contributed by atoms with Crippen molar-refractivity contribution >= 4 is 11.6 Å². The fourth-order valence-corrected chi connectivity index (χ4v) is 3.01. The van der Waals surface area contributed by atoms with Gasteiger partial charge in [-0.2, -0.15) is 0 Å². The number of para-hydroxylation sites is 1. The Balaban J connectivity index is 1.43. The van der Waals surface area contributed by atoms with Crippen LogP contribution >= 0.6 is 0 Å². The van der Waals surface area contributed by atoms with Gasteiger partial charge in [0.2, 0.25) is 0 Å². The van der Waals surface area contributed by atoms with Crippen molar-refractivity contribution in [1.82, 2.24) is 15.6 Å². The highest BCUT2D eigenvalue weighted by molar-refractivity contribution is 5.79. The molecule has 24 heavy (non-hydrogen) atoms. The molecular weight excluding hydrogens is 298 g/mol. The normalized spacial score (nSPS) is 17.8. The molecule has 1 aromatic heterocycles. The Labute approximate surface area is 143 Å². The molecule has 5 nitrogen and oxygen atoms in total. The van der Waals surface area contributed by atoms with E-state index in [0.29, 0.717) is 12.5 Å². The summed E-state index contributed by atoms with van der Waals surface area (Å²) in [6.07, 6.45) is 3.02. The van der Waals surface area contributed by atoms with E-state index >= 15 is 0 Å². The van der Waals surface area contributed by atoms with Gasteiger partial charge in [0.15, 0.2) is 5.96 Å². The lowest BCUT2D eigenvalue weighted by Crippen LogP contribution is -2.40. The second-order valence-electron chi connectivity index (χ2n) is 6.06. The van der Waals surface area contributed by atoms with E-state index < -0.39 is 0 Å². The van der Waals surface area contributed by atoms with Crippen LogP contribution < -0.4 is 15.5 Å². The first-order valence-electron chi connectivity index (χ1n) is 8.49. The maximum atomic E-state index is 4.31. The fourth-order valence-electron chi connectivity index (χ4n) is 3.01. The summed E-state index contributed by atoms with van der Waals surface area (Å²) < 4.78 is 0. The molecule has 0 radical (unpaired) electrons. The van der Waals surface area contributed by atoms with Crippen molar-refractivity contribution in [3.63, 3.8) is 0 Å². The van der Waals surface area contributed by atoms with E-state index in [4.69, 9.17) is 0 Å². The zero-order chi connectivity index (χ0) is 16.6. The number of hydrogen-bond acceptors (Lipinski definition) is 3. The van der Waals surface area contributed by atoms with E-state index in [1.54, 1.807) is 7.05 Å². The number of pyridine rings is 1. The van der Waals surface area contributed by atoms with Crippen molar-refractivity contribution in [3.8, 4) is 0 Å². The van der Waals surface area contributed by atoms with Crippen molar-refractivity contribution in [2.75, 3.05) is 31.6 Å². The number of hydrogen-bond donors (Lipinski definition) is 2. The summed E-state index contributed by atoms with van der Waals surface area (Å²) in [7, 11) is 1.80. The van der Waals surface area contributed by atoms with Gasteiger partial charge in [-0.25, -0.2) is 0 Å². The van der Waals surface area contributed by atoms with Gasteiger partial charge in [0.1, 0.15) is 0 Å². The summed E-state index contributed by atoms with van der Waals surface area (Å²) in [5.41, 5.74) is 2.33. The maximum Gasteiger partial charge on any atom is 0.191 e. The van der Waals surface area contributed by atoms with E-state index in [2.05, 4.69) is 55.8 Å². The number of anilines is 1. The smallest absolute Gasteiger partial charge is 0.191 e. The fraction of sp³-hybridized carbons (Fsp3) is 0.368. The molecule has 126 valence electrons. The highest BCUT2D eigenvalue weighted by Gasteiger charge is 2.22. The lowest BCUT2D eigenvalue weighted by atomic mass is 10.1. The molecule has 0 saturated carbocycles. The molecule has 3 rings (SSSR count). The molecule has 0 amide bonds. The second-order valence-corrected chi connectivity index (χ2v) is 6.06. The molecule has 0 bridgehead atoms. The number of benzene rings is 1. The Bertz CT molecular complexity index is 641. The molecule has 2 N–H and O–H groups in total. The Morgan fingerprint density at radius 2 is 2.00 bits per heavy atom. The number of aliphatic imine (C=N–C) groups is 1. The Kier molecular flexibility index (Phi) is 5.66. The van der Waals surface area contributed by atoms with Crippen LogP contribution in [0.25, 0.3) is 0 Å². The van der Waals surface area contributed by atoms with Crippen molar-refractivity contribution in [2.45, 2.75) is 13.0 Å². The van der Waals surface area contributed by atoms with Crippen LogP contribution in [0, 0.1) is 5.92 Å². The largest absolute Gasteiger partial charge is 0.371 e. The first-order chi connectivity index (χ1) is 11.8. The summed E-state index contributed by atoms with van der Waals surface area (Å²) in [5, 5.41) is 6.75. The average molecular weight is 323 g/mol. The third kappa shape index (κ3) is 4.47. The number of nitrogens with zero attached hydrogens (tertiary/aromatic N) is 3. The Morgan fingerprint density at radius 3 is 2.75 bits per heavy atom. The summed E-state index contributed by atoms with van der Waals surface area (Å²) in [6, 6.07) is 16.6. The molecule has 1 unspecified atom stereocenters. The molecular formula is C19H25N5. The standard InChI is InChI=1S/C19H25N5/c1-20-19(23-14-17-7-5-6-11-21-17)22-13-16-10-12-24(15-16)18-8-3-2-4-9-18/h2-9,11,16H,10,12-15H2,1H3,(H2,20,22,23). The monoisotopic (exact) mass is 323 g/mol. The molecule has 1 fully saturated rings. The molecule has 2 heterocycles. The predicted octanol–water partition coefficient (Wildman–Crippen LogP) is 2.27. The van der Waals surface area contributed by atoms with Crippen molar-refractivity contribution in [2.24, 2.45) is 10.9 Å². The topological polar surface area (TPSA) is 52.6 Å². The van der Waals surface area contributed by atoms with Gasteiger partial charge in [-0.05, 0) is 36.6 Å². The number of guanidine groups is 1.